The van der Waals surface area contributed by atoms with E-state index in [1.54, 1.807) is 0 Å². The molecule has 1 aromatic rings. The second-order valence-electron chi connectivity index (χ2n) is 7.93. The summed E-state index contributed by atoms with van der Waals surface area (Å²) in [5.74, 6) is 2.19. The molecule has 5 rings (SSSR count). The summed E-state index contributed by atoms with van der Waals surface area (Å²) >= 11 is 0. The van der Waals surface area contributed by atoms with Crippen LogP contribution >= 0.6 is 12.4 Å². The molecule has 0 bridgehead atoms. The van der Waals surface area contributed by atoms with Crippen molar-refractivity contribution in [2.75, 3.05) is 19.7 Å². The first-order valence-electron chi connectivity index (χ1n) is 10.0. The number of nitrogens with zero attached hydrogens (tertiary/aromatic N) is 2. The fourth-order valence-electron chi connectivity index (χ4n) is 5.01. The summed E-state index contributed by atoms with van der Waals surface area (Å²) in [5, 5.41) is 0. The van der Waals surface area contributed by atoms with Gasteiger partial charge in [-0.15, -0.1) is 12.4 Å². The van der Waals surface area contributed by atoms with Crippen LogP contribution in [0.4, 0.5) is 0 Å². The number of rotatable bonds is 4. The Bertz CT molecular complexity index is 839. The van der Waals surface area contributed by atoms with Gasteiger partial charge in [0.25, 0.3) is 0 Å². The van der Waals surface area contributed by atoms with Crippen molar-refractivity contribution in [1.29, 1.82) is 0 Å². The van der Waals surface area contributed by atoms with Crippen molar-refractivity contribution in [2.45, 2.75) is 37.8 Å². The standard InChI is InChI=1S/C23H26N2O2.ClH/c1-17-15-24-22-14-19(27-18-6-3-2-4-7-18)9-11-23(22)21(17)10-12-25(23)16-20-8-5-13-26-20;/h2-4,6-7,9,11,14-15,20-21H,5,8,10,12-13,16H2,1H3;1H. The summed E-state index contributed by atoms with van der Waals surface area (Å²) in [5.41, 5.74) is 2.33. The maximum atomic E-state index is 6.07. The normalized spacial score (nSPS) is 31.2. The van der Waals surface area contributed by atoms with Gasteiger partial charge in [-0.3, -0.25) is 9.89 Å². The average Bonchev–Trinajstić information content (AvgIpc) is 3.33. The molecule has 1 aromatic carbocycles. The molecule has 2 saturated heterocycles. The van der Waals surface area contributed by atoms with E-state index >= 15 is 0 Å². The molecule has 0 saturated carbocycles. The Balaban J connectivity index is 0.00000192. The summed E-state index contributed by atoms with van der Waals surface area (Å²) in [7, 11) is 0. The van der Waals surface area contributed by atoms with E-state index in [4.69, 9.17) is 14.5 Å². The quantitative estimate of drug-likeness (QED) is 0.746. The number of para-hydroxylation sites is 1. The number of likely N-dealkylation sites (tertiary alicyclic amines) is 1. The van der Waals surface area contributed by atoms with E-state index in [1.807, 2.05) is 36.5 Å². The van der Waals surface area contributed by atoms with Crippen molar-refractivity contribution in [3.05, 3.63) is 66.1 Å². The topological polar surface area (TPSA) is 34.1 Å². The number of benzene rings is 1. The third-order valence-corrected chi connectivity index (χ3v) is 6.32. The minimum Gasteiger partial charge on any atom is -0.457 e. The molecule has 148 valence electrons. The maximum absolute atomic E-state index is 6.07. The molecular formula is C23H27ClN2O2. The number of aliphatic imine (C=N–C) groups is 1. The van der Waals surface area contributed by atoms with E-state index < -0.39 is 0 Å². The van der Waals surface area contributed by atoms with E-state index in [0.717, 1.165) is 36.9 Å². The predicted octanol–water partition coefficient (Wildman–Crippen LogP) is 4.54. The van der Waals surface area contributed by atoms with Gasteiger partial charge in [-0.1, -0.05) is 24.3 Å². The molecule has 3 atom stereocenters. The molecular weight excluding hydrogens is 372 g/mol. The van der Waals surface area contributed by atoms with Crippen LogP contribution in [0.5, 0.6) is 5.75 Å². The Morgan fingerprint density at radius 1 is 1.25 bits per heavy atom. The molecule has 2 fully saturated rings. The van der Waals surface area contributed by atoms with Crippen LogP contribution in [-0.4, -0.2) is 42.0 Å². The third-order valence-electron chi connectivity index (χ3n) is 6.32. The molecule has 1 spiro atoms. The highest BCUT2D eigenvalue weighted by Gasteiger charge is 2.53. The zero-order chi connectivity index (χ0) is 18.3. The summed E-state index contributed by atoms with van der Waals surface area (Å²) in [6.07, 6.45) is 12.5. The van der Waals surface area contributed by atoms with Gasteiger partial charge in [-0.05, 0) is 50.0 Å². The van der Waals surface area contributed by atoms with Crippen LogP contribution in [0, 0.1) is 5.92 Å². The van der Waals surface area contributed by atoms with Gasteiger partial charge in [-0.2, -0.15) is 0 Å². The highest BCUT2D eigenvalue weighted by atomic mass is 35.5. The lowest BCUT2D eigenvalue weighted by molar-refractivity contribution is 0.0637. The van der Waals surface area contributed by atoms with Crippen molar-refractivity contribution < 1.29 is 9.47 Å². The monoisotopic (exact) mass is 398 g/mol. The van der Waals surface area contributed by atoms with Gasteiger partial charge >= 0.3 is 0 Å². The average molecular weight is 399 g/mol. The lowest BCUT2D eigenvalue weighted by Gasteiger charge is -2.44. The number of hydrogen-bond acceptors (Lipinski definition) is 4. The summed E-state index contributed by atoms with van der Waals surface area (Å²) in [6, 6.07) is 9.94. The molecule has 4 nitrogen and oxygen atoms in total. The van der Waals surface area contributed by atoms with Gasteiger partial charge in [0.05, 0.1) is 17.4 Å². The number of allylic oxidation sites excluding steroid dienone is 1. The van der Waals surface area contributed by atoms with Gasteiger partial charge in [-0.25, -0.2) is 0 Å². The molecule has 3 unspecified atom stereocenters. The smallest absolute Gasteiger partial charge is 0.129 e. The second kappa shape index (κ2) is 7.86. The number of ether oxygens (including phenoxy) is 2. The Hall–Kier alpha value is -1.88. The van der Waals surface area contributed by atoms with Crippen LogP contribution in [0.25, 0.3) is 0 Å². The zero-order valence-corrected chi connectivity index (χ0v) is 17.0. The van der Waals surface area contributed by atoms with Crippen molar-refractivity contribution >= 4 is 18.1 Å². The zero-order valence-electron chi connectivity index (χ0n) is 16.2. The van der Waals surface area contributed by atoms with Gasteiger partial charge < -0.3 is 9.47 Å². The molecule has 0 amide bonds. The number of halogens is 1. The number of hydrogen-bond donors (Lipinski definition) is 0. The van der Waals surface area contributed by atoms with Crippen molar-refractivity contribution in [1.82, 2.24) is 4.90 Å². The van der Waals surface area contributed by atoms with E-state index in [1.165, 1.54) is 24.8 Å². The molecule has 0 radical (unpaired) electrons. The first kappa shape index (κ1) is 19.4. The van der Waals surface area contributed by atoms with Crippen LogP contribution in [0.2, 0.25) is 0 Å². The summed E-state index contributed by atoms with van der Waals surface area (Å²) < 4.78 is 12.0. The lowest BCUT2D eigenvalue weighted by Crippen LogP contribution is -2.56. The first-order valence-corrected chi connectivity index (χ1v) is 10.0. The lowest BCUT2D eigenvalue weighted by atomic mass is 9.73. The first-order chi connectivity index (χ1) is 13.3. The molecule has 0 N–H and O–H groups in total. The fraction of sp³-hybridized carbons (Fsp3) is 0.435. The third kappa shape index (κ3) is 3.24. The van der Waals surface area contributed by atoms with E-state index in [-0.39, 0.29) is 17.9 Å². The Morgan fingerprint density at radius 3 is 2.89 bits per heavy atom. The highest BCUT2D eigenvalue weighted by molar-refractivity contribution is 6.07. The van der Waals surface area contributed by atoms with Gasteiger partial charge in [0.15, 0.2) is 0 Å². The van der Waals surface area contributed by atoms with Gasteiger partial charge in [0.1, 0.15) is 11.5 Å². The minimum atomic E-state index is -0.145. The molecule has 28 heavy (non-hydrogen) atoms. The van der Waals surface area contributed by atoms with Crippen molar-refractivity contribution in [3.8, 4) is 5.75 Å². The SMILES string of the molecule is CC1=CN=C2C=C(Oc3ccccc3)C=CC23C1CCN3CC1CCCO1.Cl. The van der Waals surface area contributed by atoms with E-state index in [9.17, 15) is 0 Å². The van der Waals surface area contributed by atoms with Gasteiger partial charge in [0.2, 0.25) is 0 Å². The molecule has 5 heteroatoms. The van der Waals surface area contributed by atoms with Gasteiger partial charge in [0, 0.05) is 37.9 Å². The summed E-state index contributed by atoms with van der Waals surface area (Å²) in [4.78, 5) is 7.44. The Labute approximate surface area is 173 Å². The highest BCUT2D eigenvalue weighted by Crippen LogP contribution is 2.46. The fourth-order valence-corrected chi connectivity index (χ4v) is 5.01. The summed E-state index contributed by atoms with van der Waals surface area (Å²) in [6.45, 7) is 5.19. The van der Waals surface area contributed by atoms with Crippen LogP contribution in [-0.2, 0) is 4.74 Å². The van der Waals surface area contributed by atoms with Crippen LogP contribution in [0.3, 0.4) is 0 Å². The Kier molecular flexibility index (Phi) is 5.46. The largest absolute Gasteiger partial charge is 0.457 e. The molecule has 3 aliphatic heterocycles. The minimum absolute atomic E-state index is 0. The molecule has 0 aromatic heterocycles. The van der Waals surface area contributed by atoms with Crippen molar-refractivity contribution in [2.24, 2.45) is 10.9 Å². The second-order valence-corrected chi connectivity index (χ2v) is 7.93. The Morgan fingerprint density at radius 2 is 2.11 bits per heavy atom. The van der Waals surface area contributed by atoms with Crippen LogP contribution in [0.1, 0.15) is 26.2 Å². The predicted molar refractivity (Wildman–Crippen MR) is 114 cm³/mol. The van der Waals surface area contributed by atoms with Crippen LogP contribution in [0.15, 0.2) is 71.1 Å². The van der Waals surface area contributed by atoms with E-state index in [0.29, 0.717) is 12.0 Å². The molecule has 4 aliphatic rings. The molecule has 3 heterocycles. The molecule has 1 aliphatic carbocycles. The maximum Gasteiger partial charge on any atom is 0.129 e. The van der Waals surface area contributed by atoms with Crippen LogP contribution < -0.4 is 4.74 Å². The van der Waals surface area contributed by atoms with Crippen molar-refractivity contribution in [3.63, 3.8) is 0 Å². The van der Waals surface area contributed by atoms with E-state index in [2.05, 4.69) is 30.1 Å².